The van der Waals surface area contributed by atoms with Crippen LogP contribution in [0.25, 0.3) is 0 Å². The molecule has 0 aromatic rings. The van der Waals surface area contributed by atoms with Crippen molar-refractivity contribution in [3.05, 3.63) is 23.3 Å². The number of aliphatic hydroxyl groups excluding tert-OH is 2. The van der Waals surface area contributed by atoms with Crippen LogP contribution in [0.2, 0.25) is 0 Å². The second kappa shape index (κ2) is 6.20. The summed E-state index contributed by atoms with van der Waals surface area (Å²) in [6.07, 6.45) is 1.82. The monoisotopic (exact) mass is 312 g/mol. The Morgan fingerprint density at radius 1 is 1.27 bits per heavy atom. The summed E-state index contributed by atoms with van der Waals surface area (Å²) in [5, 5.41) is 20.1. The van der Waals surface area contributed by atoms with E-state index in [1.54, 1.807) is 12.2 Å². The SMILES string of the molecule is COC(=O)C1=C(C(=O)OC)C2(CCC(O)OC)C=CC1C2O. The van der Waals surface area contributed by atoms with E-state index >= 15 is 0 Å². The van der Waals surface area contributed by atoms with Gasteiger partial charge in [-0.1, -0.05) is 12.2 Å². The molecule has 0 aromatic carbocycles. The summed E-state index contributed by atoms with van der Waals surface area (Å²) in [5.41, 5.74) is -0.845. The summed E-state index contributed by atoms with van der Waals surface area (Å²) in [6.45, 7) is 0. The Labute approximate surface area is 128 Å². The molecule has 122 valence electrons. The maximum Gasteiger partial charge on any atom is 0.335 e. The minimum atomic E-state index is -1.07. The third kappa shape index (κ3) is 2.35. The Bertz CT molecular complexity index is 536. The number of esters is 2. The number of hydrogen-bond acceptors (Lipinski definition) is 7. The lowest BCUT2D eigenvalue weighted by Crippen LogP contribution is -2.34. The Kier molecular flexibility index (Phi) is 4.69. The molecule has 2 bridgehead atoms. The van der Waals surface area contributed by atoms with Gasteiger partial charge in [0.15, 0.2) is 6.29 Å². The molecular weight excluding hydrogens is 292 g/mol. The molecule has 0 fully saturated rings. The van der Waals surface area contributed by atoms with Crippen LogP contribution in [-0.2, 0) is 23.8 Å². The van der Waals surface area contributed by atoms with Gasteiger partial charge in [-0.15, -0.1) is 0 Å². The van der Waals surface area contributed by atoms with Gasteiger partial charge in [0.05, 0.1) is 31.5 Å². The van der Waals surface area contributed by atoms with Gasteiger partial charge in [-0.3, -0.25) is 0 Å². The van der Waals surface area contributed by atoms with Crippen molar-refractivity contribution in [3.63, 3.8) is 0 Å². The van der Waals surface area contributed by atoms with Crippen LogP contribution in [0.1, 0.15) is 12.8 Å². The summed E-state index contributed by atoms with van der Waals surface area (Å²) in [6, 6.07) is 0. The molecule has 0 saturated heterocycles. The first-order chi connectivity index (χ1) is 10.4. The first-order valence-corrected chi connectivity index (χ1v) is 6.92. The lowest BCUT2D eigenvalue weighted by atomic mass is 9.76. The van der Waals surface area contributed by atoms with Crippen molar-refractivity contribution in [3.8, 4) is 0 Å². The van der Waals surface area contributed by atoms with E-state index in [0.29, 0.717) is 0 Å². The van der Waals surface area contributed by atoms with Gasteiger partial charge in [0.1, 0.15) is 0 Å². The number of carbonyl (C=O) groups excluding carboxylic acids is 2. The van der Waals surface area contributed by atoms with Crippen LogP contribution >= 0.6 is 0 Å². The number of fused-ring (bicyclic) bond motifs is 2. The van der Waals surface area contributed by atoms with Crippen LogP contribution in [0.5, 0.6) is 0 Å². The van der Waals surface area contributed by atoms with E-state index in [0.717, 1.165) is 0 Å². The van der Waals surface area contributed by atoms with Gasteiger partial charge in [0.25, 0.3) is 0 Å². The number of rotatable bonds is 6. The zero-order valence-electron chi connectivity index (χ0n) is 12.7. The number of ether oxygens (including phenoxy) is 3. The minimum Gasteiger partial charge on any atom is -0.466 e. The highest BCUT2D eigenvalue weighted by molar-refractivity contribution is 6.04. The Balaban J connectivity index is 2.44. The number of carbonyl (C=O) groups is 2. The van der Waals surface area contributed by atoms with Gasteiger partial charge in [-0.25, -0.2) is 9.59 Å². The molecule has 0 heterocycles. The smallest absolute Gasteiger partial charge is 0.335 e. The molecule has 22 heavy (non-hydrogen) atoms. The van der Waals surface area contributed by atoms with Crippen LogP contribution in [0.4, 0.5) is 0 Å². The fourth-order valence-electron chi connectivity index (χ4n) is 3.29. The van der Waals surface area contributed by atoms with Gasteiger partial charge in [-0.2, -0.15) is 0 Å². The van der Waals surface area contributed by atoms with E-state index in [-0.39, 0.29) is 24.0 Å². The third-order valence-electron chi connectivity index (χ3n) is 4.41. The molecule has 0 aromatic heterocycles. The molecule has 2 aliphatic rings. The number of methoxy groups -OCH3 is 3. The van der Waals surface area contributed by atoms with Crippen molar-refractivity contribution in [1.82, 2.24) is 0 Å². The van der Waals surface area contributed by atoms with E-state index < -0.39 is 35.7 Å². The van der Waals surface area contributed by atoms with Crippen LogP contribution in [0.15, 0.2) is 23.3 Å². The predicted molar refractivity (Wildman–Crippen MR) is 74.4 cm³/mol. The summed E-state index contributed by atoms with van der Waals surface area (Å²) < 4.78 is 14.3. The fraction of sp³-hybridized carbons (Fsp3) is 0.600. The van der Waals surface area contributed by atoms with Crippen molar-refractivity contribution < 1.29 is 34.0 Å². The summed E-state index contributed by atoms with van der Waals surface area (Å²) in [5.74, 6) is -1.96. The Morgan fingerprint density at radius 3 is 2.45 bits per heavy atom. The molecule has 2 aliphatic carbocycles. The zero-order chi connectivity index (χ0) is 16.5. The Hall–Kier alpha value is -1.70. The topological polar surface area (TPSA) is 102 Å². The predicted octanol–water partition coefficient (Wildman–Crippen LogP) is -0.0791. The maximum absolute atomic E-state index is 12.2. The van der Waals surface area contributed by atoms with Crippen LogP contribution in [0.3, 0.4) is 0 Å². The minimum absolute atomic E-state index is 0.102. The standard InChI is InChI=1S/C15H20O7/c1-20-9(16)5-7-15-6-4-8(12(15)17)10(13(18)21-2)11(15)14(19)22-3/h4,6,8-9,12,16-17H,5,7H2,1-3H3. The van der Waals surface area contributed by atoms with Gasteiger partial charge in [0.2, 0.25) is 0 Å². The van der Waals surface area contributed by atoms with Crippen molar-refractivity contribution in [2.45, 2.75) is 25.2 Å². The van der Waals surface area contributed by atoms with Crippen LogP contribution in [-0.4, -0.2) is 55.9 Å². The largest absolute Gasteiger partial charge is 0.466 e. The summed E-state index contributed by atoms with van der Waals surface area (Å²) in [4.78, 5) is 24.2. The lowest BCUT2D eigenvalue weighted by Gasteiger charge is -2.30. The summed E-state index contributed by atoms with van der Waals surface area (Å²) in [7, 11) is 3.79. The third-order valence-corrected chi connectivity index (χ3v) is 4.41. The van der Waals surface area contributed by atoms with E-state index in [1.807, 2.05) is 0 Å². The molecule has 7 nitrogen and oxygen atoms in total. The number of hydrogen-bond donors (Lipinski definition) is 2. The van der Waals surface area contributed by atoms with Crippen molar-refractivity contribution in [2.75, 3.05) is 21.3 Å². The van der Waals surface area contributed by atoms with Gasteiger partial charge < -0.3 is 24.4 Å². The highest BCUT2D eigenvalue weighted by Crippen LogP contribution is 2.56. The molecule has 2 rings (SSSR count). The lowest BCUT2D eigenvalue weighted by molar-refractivity contribution is -0.140. The fourth-order valence-corrected chi connectivity index (χ4v) is 3.29. The number of aliphatic hydroxyl groups is 2. The Morgan fingerprint density at radius 2 is 1.91 bits per heavy atom. The van der Waals surface area contributed by atoms with Crippen molar-refractivity contribution in [1.29, 1.82) is 0 Å². The van der Waals surface area contributed by atoms with E-state index in [2.05, 4.69) is 0 Å². The normalized spacial score (nSPS) is 30.6. The van der Waals surface area contributed by atoms with Gasteiger partial charge in [0, 0.05) is 18.4 Å². The van der Waals surface area contributed by atoms with Gasteiger partial charge >= 0.3 is 11.9 Å². The second-order valence-corrected chi connectivity index (χ2v) is 5.37. The molecule has 0 amide bonds. The van der Waals surface area contributed by atoms with Crippen LogP contribution < -0.4 is 0 Å². The molecule has 2 N–H and O–H groups in total. The van der Waals surface area contributed by atoms with Crippen molar-refractivity contribution >= 4 is 11.9 Å². The van der Waals surface area contributed by atoms with Crippen molar-refractivity contribution in [2.24, 2.45) is 11.3 Å². The maximum atomic E-state index is 12.2. The van der Waals surface area contributed by atoms with E-state index in [1.165, 1.54) is 21.3 Å². The van der Waals surface area contributed by atoms with E-state index in [9.17, 15) is 19.8 Å². The molecule has 7 heteroatoms. The second-order valence-electron chi connectivity index (χ2n) is 5.37. The highest BCUT2D eigenvalue weighted by Gasteiger charge is 2.59. The quantitative estimate of drug-likeness (QED) is 0.402. The first kappa shape index (κ1) is 16.7. The van der Waals surface area contributed by atoms with Crippen LogP contribution in [0, 0.1) is 11.3 Å². The molecule has 0 saturated carbocycles. The average Bonchev–Trinajstić information content (AvgIpc) is 2.99. The highest BCUT2D eigenvalue weighted by atomic mass is 16.6. The first-order valence-electron chi connectivity index (χ1n) is 6.92. The van der Waals surface area contributed by atoms with Gasteiger partial charge in [-0.05, 0) is 12.8 Å². The molecule has 4 unspecified atom stereocenters. The molecule has 0 spiro atoms. The molecule has 0 aliphatic heterocycles. The average molecular weight is 312 g/mol. The molecule has 0 radical (unpaired) electrons. The zero-order valence-corrected chi connectivity index (χ0v) is 12.7. The summed E-state index contributed by atoms with van der Waals surface area (Å²) >= 11 is 0. The molecule has 4 atom stereocenters. The molecular formula is C15H20O7. The van der Waals surface area contributed by atoms with E-state index in [4.69, 9.17) is 14.2 Å².